The first-order valence-corrected chi connectivity index (χ1v) is 51.3. The number of rotatable bonds is 34. The highest BCUT2D eigenvalue weighted by molar-refractivity contribution is 7.91. The minimum atomic E-state index is -2.91. The van der Waals surface area contributed by atoms with Crippen molar-refractivity contribution in [1.82, 2.24) is 67.4 Å². The molecule has 0 aliphatic carbocycles. The van der Waals surface area contributed by atoms with Gasteiger partial charge in [-0.2, -0.15) is 20.7 Å². The summed E-state index contributed by atoms with van der Waals surface area (Å²) in [7, 11) is 1.31. The zero-order chi connectivity index (χ0) is 104. The van der Waals surface area contributed by atoms with Crippen molar-refractivity contribution in [2.75, 3.05) is 124 Å². The van der Waals surface area contributed by atoms with Crippen LogP contribution in [0.1, 0.15) is 306 Å². The van der Waals surface area contributed by atoms with Gasteiger partial charge >= 0.3 is 0 Å². The number of hydrogen-bond acceptors (Lipinski definition) is 20. The van der Waals surface area contributed by atoms with Crippen LogP contribution in [0.3, 0.4) is 0 Å². The lowest BCUT2D eigenvalue weighted by atomic mass is 9.95. The number of H-pyrrole nitrogens is 1. The maximum atomic E-state index is 12.0. The van der Waals surface area contributed by atoms with Crippen molar-refractivity contribution >= 4 is 84.2 Å². The highest BCUT2D eigenvalue weighted by Gasteiger charge is 2.29. The number of thiazole rings is 1. The first-order valence-electron chi connectivity index (χ1n) is 46.5. The van der Waals surface area contributed by atoms with E-state index in [-0.39, 0.29) is 138 Å². The molecule has 0 radical (unpaired) electrons. The van der Waals surface area contributed by atoms with E-state index in [4.69, 9.17) is 14.7 Å². The van der Waals surface area contributed by atoms with E-state index < -0.39 is 30.5 Å². The van der Waals surface area contributed by atoms with Crippen LogP contribution in [0.15, 0.2) is 90.7 Å². The van der Waals surface area contributed by atoms with Gasteiger partial charge < -0.3 is 56.5 Å². The van der Waals surface area contributed by atoms with E-state index in [0.717, 1.165) is 95.5 Å². The summed E-state index contributed by atoms with van der Waals surface area (Å²) < 4.78 is 53.6. The number of nitrogens with zero attached hydrogens (tertiary/aromatic N) is 6. The number of amides is 9. The van der Waals surface area contributed by atoms with E-state index in [9.17, 15) is 60.0 Å². The molecule has 796 valence electrons. The van der Waals surface area contributed by atoms with Crippen molar-refractivity contribution in [2.24, 2.45) is 48.7 Å². The van der Waals surface area contributed by atoms with Gasteiger partial charge in [0.15, 0.2) is 0 Å². The summed E-state index contributed by atoms with van der Waals surface area (Å²) in [5.41, 5.74) is 6.62. The van der Waals surface area contributed by atoms with E-state index in [1.807, 2.05) is 224 Å². The number of hydrogen-bond donors (Lipinski definition) is 8. The zero-order valence-electron chi connectivity index (χ0n) is 88.9. The highest BCUT2D eigenvalue weighted by atomic mass is 32.2. The number of ether oxygens (including phenoxy) is 2. The van der Waals surface area contributed by atoms with Gasteiger partial charge in [0, 0.05) is 185 Å². The number of aryl methyl sites for hydroxylation is 2. The summed E-state index contributed by atoms with van der Waals surface area (Å²) in [5, 5.41) is 38.6. The van der Waals surface area contributed by atoms with Crippen LogP contribution in [0, 0.1) is 73.9 Å². The zero-order valence-corrected chi connectivity index (χ0v) is 91.3. The third kappa shape index (κ3) is 78.7. The van der Waals surface area contributed by atoms with Crippen LogP contribution in [0.4, 0.5) is 0 Å². The lowest BCUT2D eigenvalue weighted by Crippen LogP contribution is -2.37. The summed E-state index contributed by atoms with van der Waals surface area (Å²) in [6, 6.07) is 26.3. The maximum Gasteiger partial charge on any atom is 0.227 e. The Kier molecular flexibility index (Phi) is 75.6. The standard InChI is InChI=1S/C15H23NO.C14H18N2O.C14H21NO.C11H23NO2.C10H16N2OS.C10H21NO3S.C10H21NO2.C9H16N4O.C9H19NO3S.4CH4/c1-12-7-6-8-13(11-12)9-10-16(5)14(17)15(2,3)4;1-14(2,3)13(17)16-9-8-11-4-6-12(10-15)7-5-11;1-11-6-5-7-12(10-11)8-9-15-13(16)14(2,3)4;1-11(2,3)10(13)12(4)8-6-7-9-14-5;1-10(2,3)9(13)12-5-4-8-6-11-7-14-8;1-5-15(13,14)8-6-7-11-9(12)10(2,3)4;1-10(2,3)9(12)11-7-5-6-8-13-4;1-9(2,3)8(14)10-5-4-7-6-11-13-12-7;1-9(2,3)8(11)10-6-5-7-14(4,12)13;;;;/h6-8,11H,9-10H2,1-5H3;4-7H,8-9H2,1-3H3,(H,16,17);5-7,10H,8-9H2,1-4H3,(H,15,16);6-9H2,1-5H3;6-7H,4-5H2,1-3H3,(H,12,13);5-8H2,1-4H3,(H,11,12);5-8H2,1-4H3,(H,11,12);6H,4-5H2,1-3H3,(H,10,14)(H,11,12,13);5-7H2,1-4H3,(H,10,11);4*1H4. The predicted molar refractivity (Wildman–Crippen MR) is 574 cm³/mol. The van der Waals surface area contributed by atoms with Gasteiger partial charge in [0.05, 0.1) is 40.5 Å². The Morgan fingerprint density at radius 1 is 0.413 bits per heavy atom. The summed E-state index contributed by atoms with van der Waals surface area (Å²) in [4.78, 5) is 113. The number of aromatic amines is 1. The minimum absolute atomic E-state index is 0. The molecule has 5 rings (SSSR count). The molecule has 0 saturated heterocycles. The summed E-state index contributed by atoms with van der Waals surface area (Å²) in [6.45, 7) is 64.4. The molecule has 2 heterocycles. The molecule has 9 amide bonds. The van der Waals surface area contributed by atoms with Crippen molar-refractivity contribution in [1.29, 1.82) is 5.26 Å². The van der Waals surface area contributed by atoms with Crippen LogP contribution in [0.5, 0.6) is 0 Å². The number of sulfone groups is 2. The van der Waals surface area contributed by atoms with Gasteiger partial charge in [0.1, 0.15) is 19.7 Å². The van der Waals surface area contributed by atoms with Crippen LogP contribution in [-0.2, 0) is 104 Å². The SMILES string of the molecule is C.C.C.C.CC(C)(C)C(=O)NCCCS(C)(=O)=O.CC(C)(C)C(=O)NCCc1ccc(C#N)cc1.CC(C)(C)C(=O)NCCc1cn[nH]n1.CC(C)(C)C(=O)NCCc1cncs1.CCS(=O)(=O)CCCNC(=O)C(C)(C)C.COCCCCN(C)C(=O)C(C)(C)C.COCCCCNC(=O)C(C)(C)C.Cc1cccc(CCN(C)C(=O)C(C)(C)C)c1.Cc1cccc(CCNC(=O)C(C)(C)C)c1. The van der Waals surface area contributed by atoms with E-state index in [0.29, 0.717) is 64.1 Å². The molecule has 0 spiro atoms. The third-order valence-corrected chi connectivity index (χ3v) is 22.5. The number of nitriles is 1. The quantitative estimate of drug-likeness (QED) is 0.0177. The van der Waals surface area contributed by atoms with Gasteiger partial charge in [-0.05, 0) is 100 Å². The summed E-state index contributed by atoms with van der Waals surface area (Å²) in [5.74, 6) is 1.19. The Hall–Kier alpha value is -9.03. The number of unbranched alkanes of at least 4 members (excludes halogenated alkanes) is 2. The number of likely N-dealkylation sites (N-methyl/N-ethyl adjacent to an activating group) is 1. The Bertz CT molecular complexity index is 4370. The Balaban J connectivity index is -0.000000229. The highest BCUT2D eigenvalue weighted by Crippen LogP contribution is 2.22. The average Bonchev–Trinajstić information content (AvgIpc) is 1.02. The van der Waals surface area contributed by atoms with Gasteiger partial charge in [-0.15, -0.1) is 11.3 Å². The van der Waals surface area contributed by atoms with Crippen molar-refractivity contribution in [2.45, 2.75) is 308 Å². The van der Waals surface area contributed by atoms with Crippen LogP contribution in [0.2, 0.25) is 0 Å². The molecule has 0 aliphatic heterocycles. The number of benzene rings is 3. The largest absolute Gasteiger partial charge is 0.385 e. The molecule has 0 unspecified atom stereocenters. The molecular formula is C106H194N14O15S3. The predicted octanol–water partition coefficient (Wildman–Crippen LogP) is 18.0. The molecule has 8 N–H and O–H groups in total. The molecule has 0 bridgehead atoms. The fraction of sp³-hybridized carbons (Fsp3) is 0.689. The number of nitrogens with one attached hydrogen (secondary N) is 8. The first kappa shape index (κ1) is 144. The lowest BCUT2D eigenvalue weighted by molar-refractivity contribution is -0.138. The molecule has 0 saturated carbocycles. The maximum absolute atomic E-state index is 12.0. The number of carbonyl (C=O) groups is 9. The van der Waals surface area contributed by atoms with E-state index >= 15 is 0 Å². The molecule has 138 heavy (non-hydrogen) atoms. The Morgan fingerprint density at radius 2 is 0.746 bits per heavy atom. The van der Waals surface area contributed by atoms with Gasteiger partial charge in [0.2, 0.25) is 53.2 Å². The Morgan fingerprint density at radius 3 is 1.07 bits per heavy atom. The fourth-order valence-corrected chi connectivity index (χ4v) is 12.4. The first-order chi connectivity index (χ1) is 61.3. The minimum Gasteiger partial charge on any atom is -0.385 e. The molecule has 5 aromatic rings. The van der Waals surface area contributed by atoms with E-state index in [1.54, 1.807) is 61.2 Å². The van der Waals surface area contributed by atoms with Crippen molar-refractivity contribution in [3.05, 3.63) is 135 Å². The molecule has 3 aromatic carbocycles. The second-order valence-electron chi connectivity index (χ2n) is 42.4. The molecular weight excluding hydrogens is 1810 g/mol. The molecule has 2 aromatic heterocycles. The van der Waals surface area contributed by atoms with Crippen molar-refractivity contribution in [3.8, 4) is 6.07 Å². The molecule has 0 fully saturated rings. The summed E-state index contributed by atoms with van der Waals surface area (Å²) in [6.07, 6.45) is 13.8. The van der Waals surface area contributed by atoms with Gasteiger partial charge in [-0.25, -0.2) is 16.8 Å². The monoisotopic (exact) mass is 2000 g/mol. The molecule has 32 heteroatoms. The van der Waals surface area contributed by atoms with Gasteiger partial charge in [-0.3, -0.25) is 48.1 Å². The normalized spacial score (nSPS) is 11.2. The molecule has 29 nitrogen and oxygen atoms in total. The van der Waals surface area contributed by atoms with Gasteiger partial charge in [0.25, 0.3) is 0 Å². The summed E-state index contributed by atoms with van der Waals surface area (Å²) >= 11 is 1.62. The molecule has 0 atom stereocenters. The van der Waals surface area contributed by atoms with Crippen LogP contribution in [-0.4, -0.2) is 224 Å². The Labute approximate surface area is 842 Å². The second kappa shape index (κ2) is 72.3. The van der Waals surface area contributed by atoms with Gasteiger partial charge in [-0.1, -0.05) is 295 Å². The van der Waals surface area contributed by atoms with E-state index in [2.05, 4.69) is 126 Å². The smallest absolute Gasteiger partial charge is 0.227 e. The fourth-order valence-electron chi connectivity index (χ4n) is 10.3. The van der Waals surface area contributed by atoms with Crippen molar-refractivity contribution < 1.29 is 69.5 Å². The number of methoxy groups -OCH3 is 2. The average molecular weight is 2000 g/mol. The number of carbonyl (C=O) groups excluding carboxylic acids is 9. The number of aromatic nitrogens is 4. The van der Waals surface area contributed by atoms with Crippen molar-refractivity contribution in [3.63, 3.8) is 0 Å². The molecule has 0 aliphatic rings. The topological polar surface area (TPSA) is 409 Å². The van der Waals surface area contributed by atoms with Crippen LogP contribution >= 0.6 is 11.3 Å². The second-order valence-corrected chi connectivity index (χ2v) is 48.1. The lowest BCUT2D eigenvalue weighted by Gasteiger charge is -2.26. The third-order valence-electron chi connectivity index (χ3n) is 18.9. The van der Waals surface area contributed by atoms with E-state index in [1.165, 1.54) is 33.4 Å². The van der Waals surface area contributed by atoms with Crippen LogP contribution in [0.25, 0.3) is 0 Å². The van der Waals surface area contributed by atoms with Crippen LogP contribution < -0.4 is 37.2 Å².